The van der Waals surface area contributed by atoms with Crippen molar-refractivity contribution in [3.8, 4) is 0 Å². The quantitative estimate of drug-likeness (QED) is 0.813. The number of rotatable bonds is 1. The summed E-state index contributed by atoms with van der Waals surface area (Å²) in [5.41, 5.74) is 5.75. The molecule has 0 spiro atoms. The van der Waals surface area contributed by atoms with Gasteiger partial charge in [0.1, 0.15) is 5.00 Å². The zero-order chi connectivity index (χ0) is 11.0. The topological polar surface area (TPSA) is 51.4 Å². The largest absolute Gasteiger partial charge is 0.389 e. The van der Waals surface area contributed by atoms with Crippen LogP contribution in [0.2, 0.25) is 0 Å². The van der Waals surface area contributed by atoms with Gasteiger partial charge in [0.25, 0.3) is 0 Å². The van der Waals surface area contributed by atoms with Gasteiger partial charge >= 0.3 is 0 Å². The number of fused-ring (bicyclic) bond motifs is 1. The monoisotopic (exact) mass is 239 g/mol. The molecule has 2 aliphatic rings. The SMILES string of the molecule is Nc1cnc(N2CCOC3CCCCC32)s1. The van der Waals surface area contributed by atoms with Crippen molar-refractivity contribution in [2.75, 3.05) is 23.8 Å². The summed E-state index contributed by atoms with van der Waals surface area (Å²) in [6.07, 6.45) is 7.20. The molecule has 1 aliphatic carbocycles. The number of morpholine rings is 1. The van der Waals surface area contributed by atoms with Crippen LogP contribution in [0.15, 0.2) is 6.20 Å². The van der Waals surface area contributed by atoms with E-state index in [4.69, 9.17) is 10.5 Å². The Bertz CT molecular complexity index is 366. The van der Waals surface area contributed by atoms with Crippen LogP contribution < -0.4 is 10.6 Å². The van der Waals surface area contributed by atoms with Gasteiger partial charge in [0.2, 0.25) is 0 Å². The van der Waals surface area contributed by atoms with Crippen LogP contribution in [-0.4, -0.2) is 30.3 Å². The third-order valence-electron chi connectivity index (χ3n) is 3.49. The minimum atomic E-state index is 0.410. The highest BCUT2D eigenvalue weighted by Gasteiger charge is 2.35. The fourth-order valence-electron chi connectivity index (χ4n) is 2.74. The lowest BCUT2D eigenvalue weighted by molar-refractivity contribution is -0.00868. The van der Waals surface area contributed by atoms with E-state index in [-0.39, 0.29) is 0 Å². The minimum absolute atomic E-state index is 0.410. The van der Waals surface area contributed by atoms with E-state index in [0.717, 1.165) is 23.3 Å². The minimum Gasteiger partial charge on any atom is -0.389 e. The number of hydrogen-bond acceptors (Lipinski definition) is 5. The number of nitrogens with zero attached hydrogens (tertiary/aromatic N) is 2. The molecule has 1 saturated heterocycles. The summed E-state index contributed by atoms with van der Waals surface area (Å²) in [5.74, 6) is 0. The lowest BCUT2D eigenvalue weighted by Crippen LogP contribution is -2.52. The first-order chi connectivity index (χ1) is 7.84. The summed E-state index contributed by atoms with van der Waals surface area (Å²) in [6.45, 7) is 1.77. The first-order valence-corrected chi connectivity index (χ1v) is 6.76. The first kappa shape index (κ1) is 10.4. The maximum absolute atomic E-state index is 5.84. The third-order valence-corrected chi connectivity index (χ3v) is 4.35. The molecule has 2 atom stereocenters. The fraction of sp³-hybridized carbons (Fsp3) is 0.727. The molecule has 0 amide bonds. The number of thiazole rings is 1. The second kappa shape index (κ2) is 4.22. The predicted molar refractivity (Wildman–Crippen MR) is 65.9 cm³/mol. The van der Waals surface area contributed by atoms with E-state index >= 15 is 0 Å². The van der Waals surface area contributed by atoms with E-state index < -0.39 is 0 Å². The van der Waals surface area contributed by atoms with Crippen molar-refractivity contribution < 1.29 is 4.74 Å². The number of aromatic nitrogens is 1. The Morgan fingerprint density at radius 1 is 1.44 bits per heavy atom. The van der Waals surface area contributed by atoms with Gasteiger partial charge < -0.3 is 15.4 Å². The number of ether oxygens (including phenoxy) is 1. The van der Waals surface area contributed by atoms with Crippen molar-refractivity contribution in [2.24, 2.45) is 0 Å². The van der Waals surface area contributed by atoms with Crippen LogP contribution in [0.4, 0.5) is 10.1 Å². The highest BCUT2D eigenvalue weighted by molar-refractivity contribution is 7.19. The molecule has 1 aliphatic heterocycles. The Kier molecular flexibility index (Phi) is 2.73. The second-order valence-electron chi connectivity index (χ2n) is 4.50. The zero-order valence-corrected chi connectivity index (χ0v) is 10.1. The standard InChI is InChI=1S/C11H17N3OS/c12-10-7-13-11(16-10)14-5-6-15-9-4-2-1-3-8(9)14/h7-9H,1-6,12H2. The van der Waals surface area contributed by atoms with E-state index in [1.54, 1.807) is 17.5 Å². The molecule has 5 heteroatoms. The van der Waals surface area contributed by atoms with Gasteiger partial charge in [-0.2, -0.15) is 0 Å². The van der Waals surface area contributed by atoms with Crippen LogP contribution in [0.25, 0.3) is 0 Å². The number of hydrogen-bond donors (Lipinski definition) is 1. The van der Waals surface area contributed by atoms with Crippen LogP contribution >= 0.6 is 11.3 Å². The lowest BCUT2D eigenvalue weighted by atomic mass is 9.90. The van der Waals surface area contributed by atoms with E-state index in [9.17, 15) is 0 Å². The normalized spacial score (nSPS) is 30.1. The number of anilines is 2. The number of nitrogens with two attached hydrogens (primary N) is 1. The third kappa shape index (κ3) is 1.78. The zero-order valence-electron chi connectivity index (χ0n) is 9.26. The van der Waals surface area contributed by atoms with Gasteiger partial charge in [-0.25, -0.2) is 4.98 Å². The number of nitrogen functional groups attached to an aromatic ring is 1. The molecule has 1 aromatic rings. The van der Waals surface area contributed by atoms with Crippen molar-refractivity contribution in [2.45, 2.75) is 37.8 Å². The van der Waals surface area contributed by atoms with Gasteiger partial charge in [-0.3, -0.25) is 0 Å². The summed E-state index contributed by atoms with van der Waals surface area (Å²) in [7, 11) is 0. The van der Waals surface area contributed by atoms with Gasteiger partial charge in [-0.1, -0.05) is 24.2 Å². The van der Waals surface area contributed by atoms with E-state index in [0.29, 0.717) is 12.1 Å². The highest BCUT2D eigenvalue weighted by atomic mass is 32.1. The Morgan fingerprint density at radius 3 is 3.12 bits per heavy atom. The Morgan fingerprint density at radius 2 is 2.31 bits per heavy atom. The molecular weight excluding hydrogens is 222 g/mol. The van der Waals surface area contributed by atoms with Crippen LogP contribution in [0, 0.1) is 0 Å². The van der Waals surface area contributed by atoms with Gasteiger partial charge in [0.15, 0.2) is 5.13 Å². The Hall–Kier alpha value is -0.810. The molecule has 4 nitrogen and oxygen atoms in total. The van der Waals surface area contributed by atoms with Gasteiger partial charge in [-0.15, -0.1) is 0 Å². The molecule has 2 unspecified atom stereocenters. The molecule has 0 radical (unpaired) electrons. The summed E-state index contributed by atoms with van der Waals surface area (Å²) in [5, 5.41) is 1.87. The summed E-state index contributed by atoms with van der Waals surface area (Å²) >= 11 is 1.59. The summed E-state index contributed by atoms with van der Waals surface area (Å²) in [6, 6.07) is 0.521. The van der Waals surface area contributed by atoms with Crippen molar-refractivity contribution >= 4 is 21.5 Å². The van der Waals surface area contributed by atoms with Crippen LogP contribution in [-0.2, 0) is 4.74 Å². The molecule has 2 N–H and O–H groups in total. The van der Waals surface area contributed by atoms with Crippen molar-refractivity contribution in [3.05, 3.63) is 6.20 Å². The molecule has 0 aromatic carbocycles. The van der Waals surface area contributed by atoms with E-state index in [1.165, 1.54) is 25.7 Å². The Balaban J connectivity index is 1.82. The molecule has 16 heavy (non-hydrogen) atoms. The van der Waals surface area contributed by atoms with E-state index in [2.05, 4.69) is 9.88 Å². The maximum atomic E-state index is 5.84. The molecular formula is C11H17N3OS. The van der Waals surface area contributed by atoms with E-state index in [1.807, 2.05) is 0 Å². The lowest BCUT2D eigenvalue weighted by Gasteiger charge is -2.43. The van der Waals surface area contributed by atoms with Gasteiger partial charge in [0, 0.05) is 6.54 Å². The second-order valence-corrected chi connectivity index (χ2v) is 5.54. The van der Waals surface area contributed by atoms with Gasteiger partial charge in [0.05, 0.1) is 24.9 Å². The highest BCUT2D eigenvalue weighted by Crippen LogP contribution is 2.34. The molecule has 2 heterocycles. The van der Waals surface area contributed by atoms with Crippen molar-refractivity contribution in [3.63, 3.8) is 0 Å². The fourth-order valence-corrected chi connectivity index (χ4v) is 3.51. The van der Waals surface area contributed by atoms with Crippen LogP contribution in [0.5, 0.6) is 0 Å². The summed E-state index contributed by atoms with van der Waals surface area (Å²) in [4.78, 5) is 6.79. The summed E-state index contributed by atoms with van der Waals surface area (Å²) < 4.78 is 5.84. The molecule has 3 rings (SSSR count). The molecule has 2 fully saturated rings. The molecule has 0 bridgehead atoms. The molecule has 1 aromatic heterocycles. The first-order valence-electron chi connectivity index (χ1n) is 5.94. The Labute approximate surface area is 99.4 Å². The predicted octanol–water partition coefficient (Wildman–Crippen LogP) is 1.87. The average molecular weight is 239 g/mol. The molecule has 1 saturated carbocycles. The molecule has 88 valence electrons. The maximum Gasteiger partial charge on any atom is 0.187 e. The van der Waals surface area contributed by atoms with Gasteiger partial charge in [-0.05, 0) is 12.8 Å². The van der Waals surface area contributed by atoms with Crippen LogP contribution in [0.3, 0.4) is 0 Å². The van der Waals surface area contributed by atoms with Crippen LogP contribution in [0.1, 0.15) is 25.7 Å². The average Bonchev–Trinajstić information content (AvgIpc) is 2.75. The van der Waals surface area contributed by atoms with Crippen molar-refractivity contribution in [1.29, 1.82) is 0 Å². The van der Waals surface area contributed by atoms with Crippen molar-refractivity contribution in [1.82, 2.24) is 4.98 Å². The smallest absolute Gasteiger partial charge is 0.187 e.